The molecule has 90 valence electrons. The van der Waals surface area contributed by atoms with E-state index in [0.717, 1.165) is 24.8 Å². The van der Waals surface area contributed by atoms with E-state index in [-0.39, 0.29) is 11.5 Å². The highest BCUT2D eigenvalue weighted by Crippen LogP contribution is 2.14. The zero-order chi connectivity index (χ0) is 12.0. The predicted octanol–water partition coefficient (Wildman–Crippen LogP) is 2.75. The molecule has 0 unspecified atom stereocenters. The average Bonchev–Trinajstić information content (AvgIpc) is 2.27. The lowest BCUT2D eigenvalue weighted by Crippen LogP contribution is -2.05. The number of aryl methyl sites for hydroxylation is 1. The molecule has 0 radical (unpaired) electrons. The van der Waals surface area contributed by atoms with Gasteiger partial charge in [0.1, 0.15) is 0 Å². The van der Waals surface area contributed by atoms with Crippen LogP contribution in [0.1, 0.15) is 32.3 Å². The van der Waals surface area contributed by atoms with Crippen LogP contribution in [0.5, 0.6) is 0 Å². The van der Waals surface area contributed by atoms with Crippen molar-refractivity contribution in [2.45, 2.75) is 38.0 Å². The third-order valence-electron chi connectivity index (χ3n) is 2.30. The van der Waals surface area contributed by atoms with Gasteiger partial charge in [-0.25, -0.2) is 0 Å². The Labute approximate surface area is 97.6 Å². The van der Waals surface area contributed by atoms with E-state index < -0.39 is 10.1 Å². The Hall–Kier alpha value is -0.870. The zero-order valence-electron chi connectivity index (χ0n) is 9.77. The van der Waals surface area contributed by atoms with Gasteiger partial charge in [0.05, 0.1) is 11.5 Å². The summed E-state index contributed by atoms with van der Waals surface area (Å²) in [5, 5.41) is 0. The molecule has 16 heavy (non-hydrogen) atoms. The molecule has 1 aromatic rings. The van der Waals surface area contributed by atoms with Crippen LogP contribution >= 0.6 is 0 Å². The molecule has 0 bridgehead atoms. The molecule has 0 amide bonds. The van der Waals surface area contributed by atoms with E-state index in [0.29, 0.717) is 0 Å². The smallest absolute Gasteiger partial charge is 0.267 e. The summed E-state index contributed by atoms with van der Waals surface area (Å²) >= 11 is 0. The van der Waals surface area contributed by atoms with Crippen LogP contribution in [0.4, 0.5) is 0 Å². The molecule has 0 saturated heterocycles. The van der Waals surface area contributed by atoms with Crippen molar-refractivity contribution < 1.29 is 12.6 Å². The highest BCUT2D eigenvalue weighted by atomic mass is 32.2. The highest BCUT2D eigenvalue weighted by Gasteiger charge is 2.13. The lowest BCUT2D eigenvalue weighted by Gasteiger charge is -2.04. The number of hydrogen-bond acceptors (Lipinski definition) is 3. The minimum absolute atomic E-state index is 0.167. The fraction of sp³-hybridized carbons (Fsp3) is 0.500. The van der Waals surface area contributed by atoms with Gasteiger partial charge in [0.2, 0.25) is 0 Å². The monoisotopic (exact) mass is 242 g/mol. The molecule has 0 saturated carbocycles. The standard InChI is InChI=1S/C12H18O3S/c1-3-5-6-11-7-9-12(10-8-11)16(13,14)15-4-2/h7-10H,3-6H2,1-2H3. The van der Waals surface area contributed by atoms with E-state index in [1.54, 1.807) is 19.1 Å². The Morgan fingerprint density at radius 1 is 1.12 bits per heavy atom. The van der Waals surface area contributed by atoms with Crippen LogP contribution < -0.4 is 0 Å². The molecule has 0 aliphatic heterocycles. The Kier molecular flexibility index (Phi) is 4.96. The first-order valence-electron chi connectivity index (χ1n) is 5.58. The second kappa shape index (κ2) is 6.01. The second-order valence-corrected chi connectivity index (χ2v) is 5.22. The summed E-state index contributed by atoms with van der Waals surface area (Å²) in [4.78, 5) is 0.231. The Morgan fingerprint density at radius 2 is 1.75 bits per heavy atom. The molecule has 3 nitrogen and oxygen atoms in total. The lowest BCUT2D eigenvalue weighted by molar-refractivity contribution is 0.338. The SMILES string of the molecule is CCCCc1ccc(S(=O)(=O)OCC)cc1. The molecule has 1 aromatic carbocycles. The van der Waals surface area contributed by atoms with Crippen molar-refractivity contribution in [3.05, 3.63) is 29.8 Å². The quantitative estimate of drug-likeness (QED) is 0.720. The molecular formula is C12H18O3S. The molecular weight excluding hydrogens is 224 g/mol. The number of rotatable bonds is 6. The number of unbranched alkanes of at least 4 members (excludes halogenated alkanes) is 1. The molecule has 0 spiro atoms. The third-order valence-corrected chi connectivity index (χ3v) is 3.70. The highest BCUT2D eigenvalue weighted by molar-refractivity contribution is 7.86. The third kappa shape index (κ3) is 3.61. The first-order chi connectivity index (χ1) is 7.60. The van der Waals surface area contributed by atoms with E-state index in [1.807, 2.05) is 12.1 Å². The van der Waals surface area contributed by atoms with Gasteiger partial charge in [-0.3, -0.25) is 4.18 Å². The zero-order valence-corrected chi connectivity index (χ0v) is 10.6. The molecule has 4 heteroatoms. The van der Waals surface area contributed by atoms with Gasteiger partial charge in [-0.1, -0.05) is 25.5 Å². The van der Waals surface area contributed by atoms with Crippen LogP contribution in [0, 0.1) is 0 Å². The van der Waals surface area contributed by atoms with Gasteiger partial charge in [0, 0.05) is 0 Å². The minimum Gasteiger partial charge on any atom is -0.267 e. The van der Waals surface area contributed by atoms with Crippen molar-refractivity contribution in [2.24, 2.45) is 0 Å². The summed E-state index contributed by atoms with van der Waals surface area (Å²) in [5.41, 5.74) is 1.16. The van der Waals surface area contributed by atoms with Crippen LogP contribution in [0.3, 0.4) is 0 Å². The maximum Gasteiger partial charge on any atom is 0.296 e. The summed E-state index contributed by atoms with van der Waals surface area (Å²) < 4.78 is 27.8. The molecule has 1 rings (SSSR count). The van der Waals surface area contributed by atoms with E-state index in [2.05, 4.69) is 6.92 Å². The molecule has 0 N–H and O–H groups in total. The first kappa shape index (κ1) is 13.2. The van der Waals surface area contributed by atoms with Gasteiger partial charge < -0.3 is 0 Å². The van der Waals surface area contributed by atoms with Crippen molar-refractivity contribution >= 4 is 10.1 Å². The maximum atomic E-state index is 11.5. The average molecular weight is 242 g/mol. The van der Waals surface area contributed by atoms with Gasteiger partial charge in [0.25, 0.3) is 10.1 Å². The molecule has 0 heterocycles. The molecule has 0 fully saturated rings. The van der Waals surface area contributed by atoms with Crippen molar-refractivity contribution in [3.8, 4) is 0 Å². The van der Waals surface area contributed by atoms with Gasteiger partial charge in [-0.05, 0) is 37.5 Å². The number of benzene rings is 1. The van der Waals surface area contributed by atoms with E-state index in [4.69, 9.17) is 4.18 Å². The topological polar surface area (TPSA) is 43.4 Å². The van der Waals surface area contributed by atoms with Crippen LogP contribution in [-0.4, -0.2) is 15.0 Å². The van der Waals surface area contributed by atoms with Crippen molar-refractivity contribution in [1.29, 1.82) is 0 Å². The first-order valence-corrected chi connectivity index (χ1v) is 6.99. The summed E-state index contributed by atoms with van der Waals surface area (Å²) in [7, 11) is -3.55. The molecule has 0 atom stereocenters. The molecule has 0 aliphatic carbocycles. The van der Waals surface area contributed by atoms with E-state index in [9.17, 15) is 8.42 Å². The van der Waals surface area contributed by atoms with Crippen LogP contribution in [0.15, 0.2) is 29.2 Å². The van der Waals surface area contributed by atoms with Crippen LogP contribution in [0.25, 0.3) is 0 Å². The largest absolute Gasteiger partial charge is 0.296 e. The second-order valence-electron chi connectivity index (χ2n) is 3.61. The molecule has 0 aromatic heterocycles. The van der Waals surface area contributed by atoms with Crippen molar-refractivity contribution in [1.82, 2.24) is 0 Å². The summed E-state index contributed by atoms with van der Waals surface area (Å²) in [6.07, 6.45) is 3.25. The number of hydrogen-bond donors (Lipinski definition) is 0. The summed E-state index contributed by atoms with van der Waals surface area (Å²) in [5.74, 6) is 0. The minimum atomic E-state index is -3.55. The maximum absolute atomic E-state index is 11.5. The summed E-state index contributed by atoms with van der Waals surface area (Å²) in [6.45, 7) is 3.96. The van der Waals surface area contributed by atoms with Crippen molar-refractivity contribution in [3.63, 3.8) is 0 Å². The Morgan fingerprint density at radius 3 is 2.25 bits per heavy atom. The van der Waals surface area contributed by atoms with Crippen molar-refractivity contribution in [2.75, 3.05) is 6.61 Å². The Balaban J connectivity index is 2.78. The van der Waals surface area contributed by atoms with Gasteiger partial charge in [0.15, 0.2) is 0 Å². The molecule has 0 aliphatic rings. The fourth-order valence-corrected chi connectivity index (χ4v) is 2.34. The predicted molar refractivity (Wildman–Crippen MR) is 63.9 cm³/mol. The van der Waals surface area contributed by atoms with Gasteiger partial charge >= 0.3 is 0 Å². The van der Waals surface area contributed by atoms with Crippen LogP contribution in [0.2, 0.25) is 0 Å². The fourth-order valence-electron chi connectivity index (χ4n) is 1.43. The Bertz CT molecular complexity index is 406. The van der Waals surface area contributed by atoms with E-state index in [1.165, 1.54) is 0 Å². The normalized spacial score (nSPS) is 11.6. The van der Waals surface area contributed by atoms with E-state index >= 15 is 0 Å². The summed E-state index contributed by atoms with van der Waals surface area (Å²) in [6, 6.07) is 6.91. The van der Waals surface area contributed by atoms with Gasteiger partial charge in [-0.2, -0.15) is 8.42 Å². The van der Waals surface area contributed by atoms with Crippen LogP contribution in [-0.2, 0) is 20.7 Å². The lowest BCUT2D eigenvalue weighted by atomic mass is 10.1. The van der Waals surface area contributed by atoms with Gasteiger partial charge in [-0.15, -0.1) is 0 Å².